The Morgan fingerprint density at radius 2 is 2.00 bits per heavy atom. The molecule has 4 aliphatic rings. The molecule has 2 aliphatic heterocycles. The highest BCUT2D eigenvalue weighted by Crippen LogP contribution is 2.40. The number of allylic oxidation sites excluding steroid dienone is 3. The molecular weight excluding hydrogens is 519 g/mol. The number of rotatable bonds is 8. The smallest absolute Gasteiger partial charge is 0.415 e. The number of likely N-dealkylation sites (tertiary alicyclic amines) is 1. The van der Waals surface area contributed by atoms with Crippen LogP contribution in [-0.2, 0) is 14.2 Å². The number of benzene rings is 1. The Balaban J connectivity index is 1.26. The first-order chi connectivity index (χ1) is 18.8. The number of hydrogen-bond donors (Lipinski definition) is 0. The van der Waals surface area contributed by atoms with E-state index in [1.165, 1.54) is 0 Å². The predicted octanol–water partition coefficient (Wildman–Crippen LogP) is 6.55. The molecule has 8 heteroatoms. The number of amides is 1. The van der Waals surface area contributed by atoms with Crippen molar-refractivity contribution >= 4 is 23.4 Å². The van der Waals surface area contributed by atoms with Gasteiger partial charge in [0.25, 0.3) is 0 Å². The average Bonchev–Trinajstić information content (AvgIpc) is 3.22. The first kappa shape index (κ1) is 27.9. The zero-order chi connectivity index (χ0) is 27.6. The molecule has 1 aromatic rings. The number of ether oxygens (including phenoxy) is 3. The van der Waals surface area contributed by atoms with Gasteiger partial charge in [-0.3, -0.25) is 9.80 Å². The van der Waals surface area contributed by atoms with Gasteiger partial charge in [-0.15, -0.1) is 0 Å². The highest BCUT2D eigenvalue weighted by atomic mass is 35.5. The van der Waals surface area contributed by atoms with Crippen molar-refractivity contribution in [3.05, 3.63) is 76.1 Å². The molecule has 0 aromatic heterocycles. The van der Waals surface area contributed by atoms with Crippen LogP contribution >= 0.6 is 11.6 Å². The third kappa shape index (κ3) is 6.11. The quantitative estimate of drug-likeness (QED) is 0.363. The van der Waals surface area contributed by atoms with Crippen LogP contribution in [0.1, 0.15) is 38.7 Å². The van der Waals surface area contributed by atoms with Gasteiger partial charge < -0.3 is 14.2 Å². The molecule has 5 rings (SSSR count). The molecule has 0 saturated carbocycles. The van der Waals surface area contributed by atoms with Gasteiger partial charge in [0.1, 0.15) is 17.5 Å². The molecule has 2 fully saturated rings. The van der Waals surface area contributed by atoms with E-state index in [1.54, 1.807) is 11.0 Å². The molecule has 2 unspecified atom stereocenters. The molecule has 0 bridgehead atoms. The zero-order valence-electron chi connectivity index (χ0n) is 23.0. The Hall–Kier alpha value is -2.61. The number of halogens is 2. The number of hydrogen-bond acceptors (Lipinski definition) is 5. The maximum absolute atomic E-state index is 13.7. The summed E-state index contributed by atoms with van der Waals surface area (Å²) in [5, 5.41) is 0.564. The van der Waals surface area contributed by atoms with Crippen LogP contribution in [0, 0.1) is 12.8 Å². The van der Waals surface area contributed by atoms with Crippen LogP contribution in [-0.4, -0.2) is 68.3 Å². The summed E-state index contributed by atoms with van der Waals surface area (Å²) >= 11 is 6.45. The fraction of sp³-hybridized carbons (Fsp3) is 0.516. The van der Waals surface area contributed by atoms with Gasteiger partial charge >= 0.3 is 6.09 Å². The molecule has 0 N–H and O–H groups in total. The van der Waals surface area contributed by atoms with E-state index >= 15 is 0 Å². The lowest BCUT2D eigenvalue weighted by atomic mass is 9.82. The van der Waals surface area contributed by atoms with E-state index in [4.69, 9.17) is 25.8 Å². The number of piperidine rings is 1. The molecule has 1 spiro atoms. The Morgan fingerprint density at radius 3 is 2.67 bits per heavy atom. The largest absolute Gasteiger partial charge is 0.497 e. The minimum atomic E-state index is -0.934. The van der Waals surface area contributed by atoms with Crippen LogP contribution in [0.5, 0.6) is 0 Å². The van der Waals surface area contributed by atoms with Crippen LogP contribution < -0.4 is 4.90 Å². The molecule has 0 radical (unpaired) electrons. The Morgan fingerprint density at radius 1 is 1.21 bits per heavy atom. The fourth-order valence-corrected chi connectivity index (χ4v) is 6.33. The van der Waals surface area contributed by atoms with Crippen molar-refractivity contribution in [1.29, 1.82) is 0 Å². The predicted molar refractivity (Wildman–Crippen MR) is 152 cm³/mol. The van der Waals surface area contributed by atoms with E-state index in [-0.39, 0.29) is 18.1 Å². The Bertz CT molecular complexity index is 1200. The van der Waals surface area contributed by atoms with E-state index in [9.17, 15) is 9.18 Å². The van der Waals surface area contributed by atoms with Crippen molar-refractivity contribution in [2.24, 2.45) is 5.92 Å². The first-order valence-corrected chi connectivity index (χ1v) is 14.4. The maximum Gasteiger partial charge on any atom is 0.415 e. The summed E-state index contributed by atoms with van der Waals surface area (Å²) in [6.45, 7) is 9.97. The van der Waals surface area contributed by atoms with Crippen molar-refractivity contribution in [1.82, 2.24) is 4.90 Å². The van der Waals surface area contributed by atoms with Crippen LogP contribution in [0.15, 0.2) is 65.5 Å². The van der Waals surface area contributed by atoms with Crippen molar-refractivity contribution in [2.75, 3.05) is 44.3 Å². The van der Waals surface area contributed by atoms with Crippen molar-refractivity contribution < 1.29 is 23.4 Å². The van der Waals surface area contributed by atoms with E-state index < -0.39 is 11.8 Å². The number of carbonyl (C=O) groups excluding carboxylic acids is 1. The lowest BCUT2D eigenvalue weighted by Crippen LogP contribution is -2.47. The van der Waals surface area contributed by atoms with Crippen LogP contribution in [0.25, 0.3) is 0 Å². The molecule has 1 amide bonds. The van der Waals surface area contributed by atoms with E-state index in [0.717, 1.165) is 54.9 Å². The summed E-state index contributed by atoms with van der Waals surface area (Å²) in [7, 11) is 0. The Labute approximate surface area is 235 Å². The summed E-state index contributed by atoms with van der Waals surface area (Å²) in [5.41, 5.74) is 3.44. The lowest BCUT2D eigenvalue weighted by molar-refractivity contribution is 0.00272. The van der Waals surface area contributed by atoms with E-state index in [0.29, 0.717) is 36.9 Å². The standard InChI is InChI=1S/C31H38ClFN2O4/c1-4-37-27-17-22(18-28(38-5-2)29(27)23-7-9-24(33)10-8-23)19-34-14-12-31(13-15-34)20-35(30(36)39-31)26-11-6-21(3)16-25(26)32/h6-9,11,16-18,24,27,29H,4-5,10,12-15,19-20H2,1-3H3/t24?,27?,29-/m0/s1. The van der Waals surface area contributed by atoms with Crippen molar-refractivity contribution in [3.63, 3.8) is 0 Å². The molecule has 39 heavy (non-hydrogen) atoms. The molecule has 6 nitrogen and oxygen atoms in total. The number of aryl methyl sites for hydroxylation is 1. The van der Waals surface area contributed by atoms with Gasteiger partial charge in [-0.05, 0) is 55.7 Å². The second-order valence-electron chi connectivity index (χ2n) is 10.8. The normalized spacial score (nSPS) is 26.8. The van der Waals surface area contributed by atoms with Gasteiger partial charge in [0, 0.05) is 45.5 Å². The lowest BCUT2D eigenvalue weighted by Gasteiger charge is -2.38. The first-order valence-electron chi connectivity index (χ1n) is 14.0. The van der Waals surface area contributed by atoms with Crippen LogP contribution in [0.2, 0.25) is 5.02 Å². The highest BCUT2D eigenvalue weighted by molar-refractivity contribution is 6.33. The van der Waals surface area contributed by atoms with Crippen LogP contribution in [0.4, 0.5) is 14.9 Å². The van der Waals surface area contributed by atoms with Crippen molar-refractivity contribution in [2.45, 2.75) is 57.9 Å². The molecule has 2 heterocycles. The number of alkyl halides is 1. The number of carbonyl (C=O) groups is 1. The van der Waals surface area contributed by atoms with Crippen molar-refractivity contribution in [3.8, 4) is 0 Å². The minimum absolute atomic E-state index is 0.0838. The van der Waals surface area contributed by atoms with Crippen LogP contribution in [0.3, 0.4) is 0 Å². The van der Waals surface area contributed by atoms with E-state index in [1.807, 2.05) is 51.1 Å². The van der Waals surface area contributed by atoms with Gasteiger partial charge in [0.15, 0.2) is 0 Å². The van der Waals surface area contributed by atoms with Gasteiger partial charge in [-0.25, -0.2) is 9.18 Å². The molecular formula is C31H38ClFN2O4. The Kier molecular flexibility index (Phi) is 8.50. The third-order valence-corrected chi connectivity index (χ3v) is 8.29. The summed E-state index contributed by atoms with van der Waals surface area (Å²) < 4.78 is 32.0. The van der Waals surface area contributed by atoms with E-state index in [2.05, 4.69) is 17.1 Å². The monoisotopic (exact) mass is 556 g/mol. The third-order valence-electron chi connectivity index (χ3n) is 7.98. The SMILES string of the molecule is CCOC1=CC(CN2CCC3(CC2)CN(c2ccc(C)cc2Cl)C(=O)O3)=CC(OCC)[C@@H]1C1=CCC(F)C=C1. The topological polar surface area (TPSA) is 51.2 Å². The molecule has 1 aromatic carbocycles. The minimum Gasteiger partial charge on any atom is -0.497 e. The second kappa shape index (κ2) is 11.9. The summed E-state index contributed by atoms with van der Waals surface area (Å²) in [5.74, 6) is 0.782. The van der Waals surface area contributed by atoms with Gasteiger partial charge in [0.2, 0.25) is 0 Å². The summed E-state index contributed by atoms with van der Waals surface area (Å²) in [4.78, 5) is 16.9. The molecule has 2 saturated heterocycles. The van der Waals surface area contributed by atoms with Gasteiger partial charge in [0.05, 0.1) is 35.9 Å². The fourth-order valence-electron chi connectivity index (χ4n) is 6.00. The maximum atomic E-state index is 13.7. The highest BCUT2D eigenvalue weighted by Gasteiger charge is 2.48. The molecule has 3 atom stereocenters. The number of nitrogens with zero attached hydrogens (tertiary/aromatic N) is 2. The molecule has 2 aliphatic carbocycles. The zero-order valence-corrected chi connectivity index (χ0v) is 23.8. The summed E-state index contributed by atoms with van der Waals surface area (Å²) in [6, 6.07) is 5.73. The summed E-state index contributed by atoms with van der Waals surface area (Å²) in [6.07, 6.45) is 10.2. The molecule has 210 valence electrons. The second-order valence-corrected chi connectivity index (χ2v) is 11.2. The van der Waals surface area contributed by atoms with Gasteiger partial charge in [-0.1, -0.05) is 42.0 Å². The number of anilines is 1. The average molecular weight is 557 g/mol. The van der Waals surface area contributed by atoms with Gasteiger partial charge in [-0.2, -0.15) is 0 Å².